The summed E-state index contributed by atoms with van der Waals surface area (Å²) in [6.45, 7) is 6.90. The molecular weight excluding hydrogens is 389 g/mol. The molecule has 0 unspecified atom stereocenters. The summed E-state index contributed by atoms with van der Waals surface area (Å²) in [5.41, 5.74) is 4.58. The molecule has 10 heteroatoms. The van der Waals surface area contributed by atoms with Crippen molar-refractivity contribution >= 4 is 17.7 Å². The molecule has 0 atom stereocenters. The molecule has 0 fully saturated rings. The van der Waals surface area contributed by atoms with E-state index in [9.17, 15) is 27.6 Å². The standard InChI is InChI=1S/C19H27F3N4O3/c1-13(2)10-25(23-17(28)15-8-6-5-7-9-15)12-16(27)26(11-14(3)4)24-18(29)19(20,21)22/h5-9,13-14H,10-12H2,1-4H3,(H,23,28)(H,24,29). The van der Waals surface area contributed by atoms with Gasteiger partial charge in [0.1, 0.15) is 0 Å². The van der Waals surface area contributed by atoms with Crippen molar-refractivity contribution in [2.24, 2.45) is 11.8 Å². The van der Waals surface area contributed by atoms with Crippen LogP contribution in [0.15, 0.2) is 30.3 Å². The van der Waals surface area contributed by atoms with Gasteiger partial charge in [0.15, 0.2) is 0 Å². The molecule has 2 N–H and O–H groups in total. The fourth-order valence-corrected chi connectivity index (χ4v) is 2.40. The molecule has 7 nitrogen and oxygen atoms in total. The number of benzene rings is 1. The van der Waals surface area contributed by atoms with Gasteiger partial charge in [-0.2, -0.15) is 13.2 Å². The van der Waals surface area contributed by atoms with Gasteiger partial charge >= 0.3 is 12.1 Å². The van der Waals surface area contributed by atoms with E-state index in [1.807, 2.05) is 13.8 Å². The Morgan fingerprint density at radius 3 is 1.97 bits per heavy atom. The Morgan fingerprint density at radius 2 is 1.48 bits per heavy atom. The second-order valence-electron chi connectivity index (χ2n) is 7.42. The van der Waals surface area contributed by atoms with E-state index >= 15 is 0 Å². The van der Waals surface area contributed by atoms with Crippen LogP contribution in [-0.2, 0) is 9.59 Å². The molecule has 0 saturated heterocycles. The van der Waals surface area contributed by atoms with Crippen LogP contribution in [0.5, 0.6) is 0 Å². The third-order valence-corrected chi connectivity index (χ3v) is 3.55. The van der Waals surface area contributed by atoms with E-state index in [1.165, 1.54) is 5.01 Å². The number of hydrogen-bond acceptors (Lipinski definition) is 4. The second kappa shape index (κ2) is 10.8. The van der Waals surface area contributed by atoms with Crippen LogP contribution in [0, 0.1) is 11.8 Å². The highest BCUT2D eigenvalue weighted by Gasteiger charge is 2.40. The summed E-state index contributed by atoms with van der Waals surface area (Å²) >= 11 is 0. The minimum Gasteiger partial charge on any atom is -0.284 e. The monoisotopic (exact) mass is 416 g/mol. The molecule has 0 aliphatic rings. The number of nitrogens with zero attached hydrogens (tertiary/aromatic N) is 2. The van der Waals surface area contributed by atoms with Crippen molar-refractivity contribution in [2.75, 3.05) is 19.6 Å². The number of carbonyl (C=O) groups is 3. The van der Waals surface area contributed by atoms with Gasteiger partial charge in [0.05, 0.1) is 6.54 Å². The Balaban J connectivity index is 2.91. The minimum atomic E-state index is -5.12. The lowest BCUT2D eigenvalue weighted by Crippen LogP contribution is -2.56. The van der Waals surface area contributed by atoms with Gasteiger partial charge in [-0.25, -0.2) is 5.01 Å². The fraction of sp³-hybridized carbons (Fsp3) is 0.526. The Morgan fingerprint density at radius 1 is 0.931 bits per heavy atom. The van der Waals surface area contributed by atoms with Crippen molar-refractivity contribution in [1.82, 2.24) is 20.9 Å². The maximum absolute atomic E-state index is 12.6. The van der Waals surface area contributed by atoms with Crippen LogP contribution in [0.3, 0.4) is 0 Å². The Hall–Kier alpha value is -2.62. The number of carbonyl (C=O) groups excluding carboxylic acids is 3. The average molecular weight is 416 g/mol. The van der Waals surface area contributed by atoms with Crippen LogP contribution in [0.1, 0.15) is 38.1 Å². The lowest BCUT2D eigenvalue weighted by Gasteiger charge is -2.30. The van der Waals surface area contributed by atoms with E-state index in [1.54, 1.807) is 49.6 Å². The maximum atomic E-state index is 12.6. The summed E-state index contributed by atoms with van der Waals surface area (Å²) in [6.07, 6.45) is -5.12. The smallest absolute Gasteiger partial charge is 0.284 e. The van der Waals surface area contributed by atoms with Crippen LogP contribution < -0.4 is 10.9 Å². The molecule has 0 spiro atoms. The average Bonchev–Trinajstić information content (AvgIpc) is 2.59. The molecule has 0 bridgehead atoms. The van der Waals surface area contributed by atoms with Gasteiger partial charge < -0.3 is 0 Å². The number of hydrogen-bond donors (Lipinski definition) is 2. The lowest BCUT2D eigenvalue weighted by molar-refractivity contribution is -0.180. The number of halogens is 3. The molecule has 0 aliphatic carbocycles. The minimum absolute atomic E-state index is 0.0576. The molecular formula is C19H27F3N4O3. The first-order valence-corrected chi connectivity index (χ1v) is 9.19. The number of hydrazine groups is 2. The number of nitrogens with one attached hydrogen (secondary N) is 2. The van der Waals surface area contributed by atoms with Gasteiger partial charge in [0, 0.05) is 18.7 Å². The molecule has 0 heterocycles. The zero-order valence-electron chi connectivity index (χ0n) is 16.9. The summed E-state index contributed by atoms with van der Waals surface area (Å²) in [6, 6.07) is 8.31. The summed E-state index contributed by atoms with van der Waals surface area (Å²) < 4.78 is 37.8. The summed E-state index contributed by atoms with van der Waals surface area (Å²) in [5, 5.41) is 1.97. The topological polar surface area (TPSA) is 81.8 Å². The van der Waals surface area contributed by atoms with Crippen molar-refractivity contribution in [3.05, 3.63) is 35.9 Å². The van der Waals surface area contributed by atoms with E-state index < -0.39 is 30.4 Å². The zero-order chi connectivity index (χ0) is 22.2. The van der Waals surface area contributed by atoms with Gasteiger partial charge in [-0.3, -0.25) is 30.2 Å². The van der Waals surface area contributed by atoms with Crippen LogP contribution in [-0.4, -0.2) is 53.5 Å². The molecule has 0 saturated carbocycles. The molecule has 0 radical (unpaired) electrons. The lowest BCUT2D eigenvalue weighted by atomic mass is 10.2. The van der Waals surface area contributed by atoms with Gasteiger partial charge in [-0.1, -0.05) is 45.9 Å². The zero-order valence-corrected chi connectivity index (χ0v) is 16.9. The molecule has 0 aromatic heterocycles. The molecule has 1 aromatic rings. The van der Waals surface area contributed by atoms with Crippen LogP contribution in [0.25, 0.3) is 0 Å². The maximum Gasteiger partial charge on any atom is 0.472 e. The molecule has 1 aromatic carbocycles. The van der Waals surface area contributed by atoms with E-state index in [-0.39, 0.29) is 24.9 Å². The molecule has 162 valence electrons. The van der Waals surface area contributed by atoms with E-state index in [2.05, 4.69) is 5.43 Å². The van der Waals surface area contributed by atoms with Gasteiger partial charge in [0.25, 0.3) is 11.8 Å². The van der Waals surface area contributed by atoms with Gasteiger partial charge in [0.2, 0.25) is 0 Å². The Kier molecular flexibility index (Phi) is 9.09. The molecule has 1 rings (SSSR count). The highest BCUT2D eigenvalue weighted by atomic mass is 19.4. The highest BCUT2D eigenvalue weighted by Crippen LogP contribution is 2.15. The van der Waals surface area contributed by atoms with Crippen LogP contribution >= 0.6 is 0 Å². The highest BCUT2D eigenvalue weighted by molar-refractivity contribution is 5.94. The fourth-order valence-electron chi connectivity index (χ4n) is 2.40. The molecule has 3 amide bonds. The van der Waals surface area contributed by atoms with Crippen molar-refractivity contribution in [1.29, 1.82) is 0 Å². The first-order chi connectivity index (χ1) is 13.4. The van der Waals surface area contributed by atoms with E-state index in [4.69, 9.17) is 0 Å². The van der Waals surface area contributed by atoms with E-state index in [0.29, 0.717) is 10.6 Å². The number of alkyl halides is 3. The van der Waals surface area contributed by atoms with Crippen molar-refractivity contribution in [2.45, 2.75) is 33.9 Å². The first-order valence-electron chi connectivity index (χ1n) is 9.19. The van der Waals surface area contributed by atoms with E-state index in [0.717, 1.165) is 0 Å². The predicted octanol–water partition coefficient (Wildman–Crippen LogP) is 2.37. The summed E-state index contributed by atoms with van der Waals surface area (Å²) in [7, 11) is 0. The molecule has 0 aliphatic heterocycles. The number of rotatable bonds is 8. The second-order valence-corrected chi connectivity index (χ2v) is 7.42. The van der Waals surface area contributed by atoms with Crippen molar-refractivity contribution in [3.63, 3.8) is 0 Å². The number of amides is 3. The molecule has 29 heavy (non-hydrogen) atoms. The third-order valence-electron chi connectivity index (χ3n) is 3.55. The Bertz CT molecular complexity index is 694. The quantitative estimate of drug-likeness (QED) is 0.638. The predicted molar refractivity (Wildman–Crippen MR) is 101 cm³/mol. The Labute approximate surface area is 168 Å². The normalized spacial score (nSPS) is 11.7. The first kappa shape index (κ1) is 24.4. The van der Waals surface area contributed by atoms with Crippen molar-refractivity contribution in [3.8, 4) is 0 Å². The summed E-state index contributed by atoms with van der Waals surface area (Å²) in [4.78, 5) is 36.3. The SMILES string of the molecule is CC(C)CN(CC(=O)N(CC(C)C)NC(=O)C(F)(F)F)NC(=O)c1ccccc1. The third kappa shape index (κ3) is 8.95. The van der Waals surface area contributed by atoms with Crippen LogP contribution in [0.4, 0.5) is 13.2 Å². The van der Waals surface area contributed by atoms with Crippen LogP contribution in [0.2, 0.25) is 0 Å². The van der Waals surface area contributed by atoms with Gasteiger partial charge in [-0.15, -0.1) is 0 Å². The van der Waals surface area contributed by atoms with Gasteiger partial charge in [-0.05, 0) is 24.0 Å². The van der Waals surface area contributed by atoms with Crippen molar-refractivity contribution < 1.29 is 27.6 Å². The summed E-state index contributed by atoms with van der Waals surface area (Å²) in [5.74, 6) is -3.58. The largest absolute Gasteiger partial charge is 0.472 e.